The van der Waals surface area contributed by atoms with E-state index in [0.717, 1.165) is 12.0 Å². The lowest BCUT2D eigenvalue weighted by Gasteiger charge is -2.33. The van der Waals surface area contributed by atoms with Gasteiger partial charge in [-0.1, -0.05) is 42.4 Å². The molecule has 0 atom stereocenters. The van der Waals surface area contributed by atoms with Crippen molar-refractivity contribution in [3.63, 3.8) is 0 Å². The summed E-state index contributed by atoms with van der Waals surface area (Å²) in [5.41, 5.74) is 1.21. The first kappa shape index (κ1) is 18.1. The maximum Gasteiger partial charge on any atom is 0.276 e. The lowest BCUT2D eigenvalue weighted by molar-refractivity contribution is -0.122. The number of nitrogens with zero attached hydrogens (tertiary/aromatic N) is 3. The highest BCUT2D eigenvalue weighted by Crippen LogP contribution is 2.20. The van der Waals surface area contributed by atoms with Crippen molar-refractivity contribution in [3.8, 4) is 11.3 Å². The summed E-state index contributed by atoms with van der Waals surface area (Å²) in [7, 11) is 0. The number of carbonyl (C=O) groups excluding carboxylic acids is 2. The highest BCUT2D eigenvalue weighted by molar-refractivity contribution is 5.93. The molecule has 2 aromatic rings. The van der Waals surface area contributed by atoms with Gasteiger partial charge in [-0.25, -0.2) is 0 Å². The van der Waals surface area contributed by atoms with E-state index in [-0.39, 0.29) is 11.8 Å². The minimum atomic E-state index is -0.133. The van der Waals surface area contributed by atoms with Crippen molar-refractivity contribution in [2.24, 2.45) is 0 Å². The van der Waals surface area contributed by atoms with E-state index in [0.29, 0.717) is 50.7 Å². The number of amides is 2. The van der Waals surface area contributed by atoms with Crippen LogP contribution in [0.5, 0.6) is 0 Å². The summed E-state index contributed by atoms with van der Waals surface area (Å²) in [6, 6.07) is 11.3. The number of aromatic nitrogens is 1. The number of piperazine rings is 1. The molecule has 0 saturated carbocycles. The van der Waals surface area contributed by atoms with E-state index in [1.54, 1.807) is 11.0 Å². The lowest BCUT2D eigenvalue weighted by atomic mass is 10.1. The summed E-state index contributed by atoms with van der Waals surface area (Å²) >= 11 is 0. The van der Waals surface area contributed by atoms with E-state index >= 15 is 0 Å². The number of benzene rings is 1. The SMILES string of the molecule is CCCNC(=O)CN1CCN(C(=O)c2cc(-c3ccccc3)on2)CC1. The van der Waals surface area contributed by atoms with E-state index < -0.39 is 0 Å². The van der Waals surface area contributed by atoms with Gasteiger partial charge < -0.3 is 14.7 Å². The standard InChI is InChI=1S/C19H24N4O3/c1-2-8-20-18(24)14-22-9-11-23(12-10-22)19(25)16-13-17(26-21-16)15-6-4-3-5-7-15/h3-7,13H,2,8-12,14H2,1H3,(H,20,24). The fourth-order valence-electron chi connectivity index (χ4n) is 2.91. The Morgan fingerprint density at radius 2 is 1.88 bits per heavy atom. The molecule has 1 saturated heterocycles. The third kappa shape index (κ3) is 4.49. The van der Waals surface area contributed by atoms with Crippen molar-refractivity contribution in [2.45, 2.75) is 13.3 Å². The van der Waals surface area contributed by atoms with Crippen molar-refractivity contribution in [3.05, 3.63) is 42.1 Å². The van der Waals surface area contributed by atoms with Crippen LogP contribution in [0.4, 0.5) is 0 Å². The van der Waals surface area contributed by atoms with Gasteiger partial charge in [-0.05, 0) is 6.42 Å². The molecule has 26 heavy (non-hydrogen) atoms. The quantitative estimate of drug-likeness (QED) is 0.851. The molecule has 0 aliphatic carbocycles. The number of hydrogen-bond donors (Lipinski definition) is 1. The molecule has 7 heteroatoms. The molecule has 2 heterocycles. The van der Waals surface area contributed by atoms with Crippen LogP contribution in [-0.2, 0) is 4.79 Å². The Morgan fingerprint density at radius 1 is 1.15 bits per heavy atom. The zero-order valence-corrected chi connectivity index (χ0v) is 15.0. The molecular formula is C19H24N4O3. The summed E-state index contributed by atoms with van der Waals surface area (Å²) in [5, 5.41) is 6.80. The molecule has 1 N–H and O–H groups in total. The Hall–Kier alpha value is -2.67. The van der Waals surface area contributed by atoms with Crippen LogP contribution in [0.3, 0.4) is 0 Å². The maximum atomic E-state index is 12.6. The molecular weight excluding hydrogens is 332 g/mol. The molecule has 3 rings (SSSR count). The van der Waals surface area contributed by atoms with Crippen LogP contribution in [0, 0.1) is 0 Å². The number of rotatable bonds is 6. The molecule has 0 bridgehead atoms. The summed E-state index contributed by atoms with van der Waals surface area (Å²) in [6.07, 6.45) is 0.927. The molecule has 1 fully saturated rings. The Balaban J connectivity index is 1.53. The smallest absolute Gasteiger partial charge is 0.276 e. The topological polar surface area (TPSA) is 78.7 Å². The van der Waals surface area contributed by atoms with Crippen LogP contribution in [0.25, 0.3) is 11.3 Å². The van der Waals surface area contributed by atoms with E-state index in [1.165, 1.54) is 0 Å². The molecule has 138 valence electrons. The van der Waals surface area contributed by atoms with Gasteiger partial charge in [0.05, 0.1) is 6.54 Å². The Bertz CT molecular complexity index is 736. The second-order valence-electron chi connectivity index (χ2n) is 6.36. The Morgan fingerprint density at radius 3 is 2.58 bits per heavy atom. The first-order valence-corrected chi connectivity index (χ1v) is 8.98. The van der Waals surface area contributed by atoms with Crippen molar-refractivity contribution < 1.29 is 14.1 Å². The van der Waals surface area contributed by atoms with Crippen LogP contribution in [0.2, 0.25) is 0 Å². The van der Waals surface area contributed by atoms with Crippen molar-refractivity contribution >= 4 is 11.8 Å². The van der Waals surface area contributed by atoms with Gasteiger partial charge in [0.25, 0.3) is 5.91 Å². The molecule has 0 spiro atoms. The molecule has 7 nitrogen and oxygen atoms in total. The van der Waals surface area contributed by atoms with Crippen LogP contribution < -0.4 is 5.32 Å². The van der Waals surface area contributed by atoms with Crippen LogP contribution in [0.1, 0.15) is 23.8 Å². The van der Waals surface area contributed by atoms with Gasteiger partial charge in [-0.3, -0.25) is 14.5 Å². The predicted octanol–water partition coefficient (Wildman–Crippen LogP) is 1.63. The van der Waals surface area contributed by atoms with Crippen molar-refractivity contribution in [2.75, 3.05) is 39.3 Å². The maximum absolute atomic E-state index is 12.6. The fourth-order valence-corrected chi connectivity index (χ4v) is 2.91. The second kappa shape index (κ2) is 8.62. The molecule has 1 aliphatic heterocycles. The van der Waals surface area contributed by atoms with Gasteiger partial charge >= 0.3 is 0 Å². The fraction of sp³-hybridized carbons (Fsp3) is 0.421. The molecule has 0 unspecified atom stereocenters. The summed E-state index contributed by atoms with van der Waals surface area (Å²) in [4.78, 5) is 28.2. The van der Waals surface area contributed by atoms with Gasteiger partial charge in [0.2, 0.25) is 5.91 Å². The highest BCUT2D eigenvalue weighted by atomic mass is 16.5. The molecule has 1 aromatic carbocycles. The molecule has 1 aliphatic rings. The zero-order chi connectivity index (χ0) is 18.4. The Kier molecular flexibility index (Phi) is 6.01. The van der Waals surface area contributed by atoms with E-state index in [2.05, 4.69) is 15.4 Å². The first-order valence-electron chi connectivity index (χ1n) is 8.98. The number of carbonyl (C=O) groups is 2. The predicted molar refractivity (Wildman–Crippen MR) is 97.6 cm³/mol. The monoisotopic (exact) mass is 356 g/mol. The summed E-state index contributed by atoms with van der Waals surface area (Å²) in [5.74, 6) is 0.488. The molecule has 0 radical (unpaired) electrons. The minimum absolute atomic E-state index is 0.0376. The number of hydrogen-bond acceptors (Lipinski definition) is 5. The normalized spacial score (nSPS) is 15.0. The van der Waals surface area contributed by atoms with Crippen LogP contribution in [-0.4, -0.2) is 66.0 Å². The second-order valence-corrected chi connectivity index (χ2v) is 6.36. The third-order valence-electron chi connectivity index (χ3n) is 4.39. The Labute approximate surface area is 152 Å². The van der Waals surface area contributed by atoms with Gasteiger partial charge in [0.1, 0.15) is 0 Å². The van der Waals surface area contributed by atoms with E-state index in [1.807, 2.05) is 37.3 Å². The molecule has 1 aromatic heterocycles. The minimum Gasteiger partial charge on any atom is -0.355 e. The summed E-state index contributed by atoms with van der Waals surface area (Å²) in [6.45, 7) is 5.61. The zero-order valence-electron chi connectivity index (χ0n) is 15.0. The third-order valence-corrected chi connectivity index (χ3v) is 4.39. The molecule has 2 amide bonds. The van der Waals surface area contributed by atoms with Crippen molar-refractivity contribution in [1.29, 1.82) is 0 Å². The van der Waals surface area contributed by atoms with Gasteiger partial charge in [0, 0.05) is 44.4 Å². The summed E-state index contributed by atoms with van der Waals surface area (Å²) < 4.78 is 5.31. The van der Waals surface area contributed by atoms with Gasteiger partial charge in [0.15, 0.2) is 11.5 Å². The lowest BCUT2D eigenvalue weighted by Crippen LogP contribution is -2.51. The first-order chi connectivity index (χ1) is 12.7. The van der Waals surface area contributed by atoms with Crippen LogP contribution >= 0.6 is 0 Å². The van der Waals surface area contributed by atoms with Crippen LogP contribution in [0.15, 0.2) is 40.9 Å². The van der Waals surface area contributed by atoms with Gasteiger partial charge in [-0.15, -0.1) is 0 Å². The van der Waals surface area contributed by atoms with E-state index in [9.17, 15) is 9.59 Å². The van der Waals surface area contributed by atoms with Crippen molar-refractivity contribution in [1.82, 2.24) is 20.3 Å². The number of nitrogens with one attached hydrogen (secondary N) is 1. The average molecular weight is 356 g/mol. The highest BCUT2D eigenvalue weighted by Gasteiger charge is 2.25. The van der Waals surface area contributed by atoms with E-state index in [4.69, 9.17) is 4.52 Å². The largest absolute Gasteiger partial charge is 0.355 e. The van der Waals surface area contributed by atoms with Gasteiger partial charge in [-0.2, -0.15) is 0 Å². The average Bonchev–Trinajstić information content (AvgIpc) is 3.17.